The van der Waals surface area contributed by atoms with E-state index in [9.17, 15) is 0 Å². The minimum atomic E-state index is 0.467. The van der Waals surface area contributed by atoms with Gasteiger partial charge in [-0.15, -0.1) is 0 Å². The van der Waals surface area contributed by atoms with Gasteiger partial charge in [0.05, 0.1) is 18.9 Å². The number of hydrogen-bond donors (Lipinski definition) is 2. The summed E-state index contributed by atoms with van der Waals surface area (Å²) in [6.45, 7) is 3.22. The summed E-state index contributed by atoms with van der Waals surface area (Å²) in [5, 5.41) is 3.24. The van der Waals surface area contributed by atoms with E-state index in [1.165, 1.54) is 0 Å². The molecule has 5 nitrogen and oxygen atoms in total. The summed E-state index contributed by atoms with van der Waals surface area (Å²) in [7, 11) is 1.68. The molecule has 0 aliphatic heterocycles. The van der Waals surface area contributed by atoms with Gasteiger partial charge in [0.15, 0.2) is 0 Å². The number of rotatable bonds is 7. The van der Waals surface area contributed by atoms with Crippen molar-refractivity contribution >= 4 is 17.2 Å². The molecule has 21 heavy (non-hydrogen) atoms. The van der Waals surface area contributed by atoms with Crippen molar-refractivity contribution in [3.8, 4) is 5.88 Å². The molecule has 0 atom stereocenters. The Kier molecular flexibility index (Phi) is 5.40. The Balaban J connectivity index is 2.13. The van der Waals surface area contributed by atoms with Crippen molar-refractivity contribution in [1.29, 1.82) is 0 Å². The van der Waals surface area contributed by atoms with Crippen LogP contribution in [0.25, 0.3) is 0 Å². The van der Waals surface area contributed by atoms with Crippen molar-refractivity contribution < 1.29 is 9.47 Å². The third kappa shape index (κ3) is 4.36. The molecule has 1 aromatic carbocycles. The predicted octanol–water partition coefficient (Wildman–Crippen LogP) is 3.34. The number of benzene rings is 1. The smallest absolute Gasteiger partial charge is 0.239 e. The van der Waals surface area contributed by atoms with Crippen molar-refractivity contribution in [2.45, 2.75) is 20.0 Å². The summed E-state index contributed by atoms with van der Waals surface area (Å²) in [6.07, 6.45) is 0.915. The molecule has 0 amide bonds. The van der Waals surface area contributed by atoms with Crippen LogP contribution in [-0.4, -0.2) is 18.7 Å². The third-order valence-electron chi connectivity index (χ3n) is 2.84. The molecule has 0 saturated heterocycles. The highest BCUT2D eigenvalue weighted by molar-refractivity contribution is 5.61. The SMILES string of the molecule is CCCOc1nc(Nc2cccc(COC)c2)ccc1N. The number of methoxy groups -OCH3 is 1. The number of nitrogens with one attached hydrogen (secondary N) is 1. The lowest BCUT2D eigenvalue weighted by atomic mass is 10.2. The van der Waals surface area contributed by atoms with Gasteiger partial charge in [0.2, 0.25) is 5.88 Å². The summed E-state index contributed by atoms with van der Waals surface area (Å²) in [6, 6.07) is 11.6. The van der Waals surface area contributed by atoms with E-state index in [0.717, 1.165) is 17.7 Å². The number of nitrogen functional groups attached to an aromatic ring is 1. The zero-order chi connectivity index (χ0) is 15.1. The van der Waals surface area contributed by atoms with Gasteiger partial charge < -0.3 is 20.5 Å². The van der Waals surface area contributed by atoms with Gasteiger partial charge in [-0.3, -0.25) is 0 Å². The molecular weight excluding hydrogens is 266 g/mol. The van der Waals surface area contributed by atoms with Crippen LogP contribution in [0.1, 0.15) is 18.9 Å². The molecule has 0 radical (unpaired) electrons. The first-order valence-corrected chi connectivity index (χ1v) is 6.97. The fourth-order valence-electron chi connectivity index (χ4n) is 1.89. The van der Waals surface area contributed by atoms with Crippen LogP contribution >= 0.6 is 0 Å². The third-order valence-corrected chi connectivity index (χ3v) is 2.84. The number of nitrogens with zero attached hydrogens (tertiary/aromatic N) is 1. The molecule has 0 unspecified atom stereocenters. The van der Waals surface area contributed by atoms with Crippen LogP contribution in [0.3, 0.4) is 0 Å². The predicted molar refractivity (Wildman–Crippen MR) is 84.9 cm³/mol. The number of nitrogens with two attached hydrogens (primary N) is 1. The van der Waals surface area contributed by atoms with Crippen molar-refractivity contribution in [2.75, 3.05) is 24.8 Å². The molecule has 1 heterocycles. The zero-order valence-corrected chi connectivity index (χ0v) is 12.4. The molecule has 3 N–H and O–H groups in total. The zero-order valence-electron chi connectivity index (χ0n) is 12.4. The van der Waals surface area contributed by atoms with Crippen LogP contribution in [0, 0.1) is 0 Å². The van der Waals surface area contributed by atoms with Gasteiger partial charge in [0.1, 0.15) is 5.82 Å². The van der Waals surface area contributed by atoms with E-state index in [-0.39, 0.29) is 0 Å². The number of ether oxygens (including phenoxy) is 2. The van der Waals surface area contributed by atoms with Gasteiger partial charge in [-0.2, -0.15) is 4.98 Å². The van der Waals surface area contributed by atoms with E-state index in [1.807, 2.05) is 37.3 Å². The van der Waals surface area contributed by atoms with Crippen LogP contribution in [0.15, 0.2) is 36.4 Å². The Bertz CT molecular complexity index is 587. The molecule has 112 valence electrons. The molecule has 0 bridgehead atoms. The van der Waals surface area contributed by atoms with E-state index in [4.69, 9.17) is 15.2 Å². The van der Waals surface area contributed by atoms with E-state index < -0.39 is 0 Å². The molecule has 5 heteroatoms. The lowest BCUT2D eigenvalue weighted by Gasteiger charge is -2.11. The van der Waals surface area contributed by atoms with Crippen LogP contribution in [0.5, 0.6) is 5.88 Å². The van der Waals surface area contributed by atoms with E-state index in [2.05, 4.69) is 10.3 Å². The standard InChI is InChI=1S/C16H21N3O2/c1-3-9-21-16-14(17)7-8-15(19-16)18-13-6-4-5-12(10-13)11-20-2/h4-8,10H,3,9,11,17H2,1-2H3,(H,18,19). The number of pyridine rings is 1. The monoisotopic (exact) mass is 287 g/mol. The van der Waals surface area contributed by atoms with Gasteiger partial charge in [-0.1, -0.05) is 19.1 Å². The lowest BCUT2D eigenvalue weighted by Crippen LogP contribution is -2.03. The Morgan fingerprint density at radius 3 is 2.86 bits per heavy atom. The summed E-state index contributed by atoms with van der Waals surface area (Å²) in [5.74, 6) is 1.17. The van der Waals surface area contributed by atoms with E-state index in [0.29, 0.717) is 30.6 Å². The maximum absolute atomic E-state index is 5.86. The van der Waals surface area contributed by atoms with Crippen molar-refractivity contribution in [3.63, 3.8) is 0 Å². The fraction of sp³-hybridized carbons (Fsp3) is 0.312. The first-order valence-electron chi connectivity index (χ1n) is 6.97. The first-order chi connectivity index (χ1) is 10.2. The highest BCUT2D eigenvalue weighted by Gasteiger charge is 2.05. The molecule has 0 spiro atoms. The Hall–Kier alpha value is -2.27. The number of anilines is 3. The van der Waals surface area contributed by atoms with Crippen LogP contribution in [0.4, 0.5) is 17.2 Å². The molecule has 2 rings (SSSR count). The largest absolute Gasteiger partial charge is 0.476 e. The van der Waals surface area contributed by atoms with Gasteiger partial charge in [0, 0.05) is 12.8 Å². The molecular formula is C16H21N3O2. The lowest BCUT2D eigenvalue weighted by molar-refractivity contribution is 0.185. The summed E-state index contributed by atoms with van der Waals surface area (Å²) in [5.41, 5.74) is 8.44. The molecule has 1 aromatic heterocycles. The van der Waals surface area contributed by atoms with Gasteiger partial charge in [-0.25, -0.2) is 0 Å². The summed E-state index contributed by atoms with van der Waals surface area (Å²) < 4.78 is 10.7. The van der Waals surface area contributed by atoms with Gasteiger partial charge in [0.25, 0.3) is 0 Å². The summed E-state index contributed by atoms with van der Waals surface area (Å²) >= 11 is 0. The molecule has 0 aliphatic rings. The van der Waals surface area contributed by atoms with Gasteiger partial charge >= 0.3 is 0 Å². The molecule has 0 fully saturated rings. The highest BCUT2D eigenvalue weighted by atomic mass is 16.5. The van der Waals surface area contributed by atoms with Gasteiger partial charge in [-0.05, 0) is 36.2 Å². The number of hydrogen-bond acceptors (Lipinski definition) is 5. The van der Waals surface area contributed by atoms with Crippen molar-refractivity contribution in [2.24, 2.45) is 0 Å². The van der Waals surface area contributed by atoms with Crippen molar-refractivity contribution in [3.05, 3.63) is 42.0 Å². The summed E-state index contributed by atoms with van der Waals surface area (Å²) in [4.78, 5) is 4.39. The molecule has 0 aliphatic carbocycles. The fourth-order valence-corrected chi connectivity index (χ4v) is 1.89. The van der Waals surface area contributed by atoms with Crippen LogP contribution < -0.4 is 15.8 Å². The topological polar surface area (TPSA) is 69.4 Å². The maximum atomic E-state index is 5.86. The van der Waals surface area contributed by atoms with Crippen LogP contribution in [-0.2, 0) is 11.3 Å². The normalized spacial score (nSPS) is 10.4. The minimum Gasteiger partial charge on any atom is -0.476 e. The first kappa shape index (κ1) is 15.1. The second kappa shape index (κ2) is 7.50. The quantitative estimate of drug-likeness (QED) is 0.817. The minimum absolute atomic E-state index is 0.467. The Morgan fingerprint density at radius 2 is 2.10 bits per heavy atom. The average Bonchev–Trinajstić information content (AvgIpc) is 2.48. The van der Waals surface area contributed by atoms with E-state index in [1.54, 1.807) is 13.2 Å². The van der Waals surface area contributed by atoms with Crippen molar-refractivity contribution in [1.82, 2.24) is 4.98 Å². The Morgan fingerprint density at radius 1 is 1.24 bits per heavy atom. The van der Waals surface area contributed by atoms with Crippen LogP contribution in [0.2, 0.25) is 0 Å². The highest BCUT2D eigenvalue weighted by Crippen LogP contribution is 2.23. The second-order valence-corrected chi connectivity index (χ2v) is 4.70. The van der Waals surface area contributed by atoms with E-state index >= 15 is 0 Å². The number of aromatic nitrogens is 1. The second-order valence-electron chi connectivity index (χ2n) is 4.70. The molecule has 0 saturated carbocycles. The Labute approximate surface area is 125 Å². The maximum Gasteiger partial charge on any atom is 0.239 e. The average molecular weight is 287 g/mol. The molecule has 2 aromatic rings.